The van der Waals surface area contributed by atoms with Gasteiger partial charge in [0.2, 0.25) is 0 Å². The number of hydrogen-bond acceptors (Lipinski definition) is 4. The Balaban J connectivity index is 0.00000144. The Morgan fingerprint density at radius 1 is 1.47 bits per heavy atom. The van der Waals surface area contributed by atoms with Crippen molar-refractivity contribution in [3.63, 3.8) is 0 Å². The fourth-order valence-corrected chi connectivity index (χ4v) is 6.07. The van der Waals surface area contributed by atoms with Gasteiger partial charge in [0, 0.05) is 11.2 Å². The normalized spacial score (nSPS) is 44.8. The Morgan fingerprint density at radius 3 is 2.35 bits per heavy atom. The number of ketones is 1. The number of carbonyl (C=O) groups is 1. The van der Waals surface area contributed by atoms with Crippen LogP contribution in [-0.2, 0) is 14.9 Å². The third kappa shape index (κ3) is 1.87. The Morgan fingerprint density at radius 2 is 2.00 bits per heavy atom. The van der Waals surface area contributed by atoms with Gasteiger partial charge in [0.15, 0.2) is 5.78 Å². The van der Waals surface area contributed by atoms with Crippen LogP contribution in [0.1, 0.15) is 26.7 Å². The van der Waals surface area contributed by atoms with Crippen LogP contribution in [0.25, 0.3) is 0 Å². The minimum atomic E-state index is -4.30. The molecular weight excluding hydrogens is 310 g/mol. The third-order valence-electron chi connectivity index (χ3n) is 4.66. The smallest absolute Gasteiger partial charge is 0.153 e. The van der Waals surface area contributed by atoms with Crippen LogP contribution in [0.5, 0.6) is 0 Å². The lowest BCUT2D eigenvalue weighted by molar-refractivity contribution is -0.127. The number of carbonyl (C=O) groups excluding carboxylic acids is 1. The van der Waals surface area contributed by atoms with E-state index in [1.807, 2.05) is 0 Å². The summed E-state index contributed by atoms with van der Waals surface area (Å²) < 4.78 is 33.0. The minimum Gasteiger partial charge on any atom is -0.748 e. The molecule has 5 nitrogen and oxygen atoms in total. The van der Waals surface area contributed by atoms with Gasteiger partial charge in [0.1, 0.15) is 0 Å². The van der Waals surface area contributed by atoms with Gasteiger partial charge in [-0.15, -0.1) is 0 Å². The zero-order chi connectivity index (χ0) is 12.4. The summed E-state index contributed by atoms with van der Waals surface area (Å²) in [5.74, 6) is -0.418. The van der Waals surface area contributed by atoms with Crippen LogP contribution >= 0.6 is 15.9 Å². The van der Waals surface area contributed by atoms with Crippen LogP contribution in [0.2, 0.25) is 0 Å². The molecule has 0 spiro atoms. The van der Waals surface area contributed by atoms with Gasteiger partial charge in [-0.25, -0.2) is 8.42 Å². The molecule has 0 amide bonds. The fourth-order valence-electron chi connectivity index (χ4n) is 3.45. The van der Waals surface area contributed by atoms with Crippen molar-refractivity contribution in [2.45, 2.75) is 31.5 Å². The van der Waals surface area contributed by atoms with Gasteiger partial charge in [-0.1, -0.05) is 29.8 Å². The maximum absolute atomic E-state index is 12.0. The van der Waals surface area contributed by atoms with Crippen LogP contribution in [0.4, 0.5) is 0 Å². The van der Waals surface area contributed by atoms with Gasteiger partial charge < -0.3 is 10.7 Å². The van der Waals surface area contributed by atoms with Gasteiger partial charge in [0.25, 0.3) is 0 Å². The average molecular weight is 328 g/mol. The molecule has 2 aliphatic carbocycles. The monoisotopic (exact) mass is 327 g/mol. The largest absolute Gasteiger partial charge is 0.748 e. The molecule has 0 aromatic rings. The highest BCUT2D eigenvalue weighted by atomic mass is 79.9. The summed E-state index contributed by atoms with van der Waals surface area (Å²) in [6.07, 6.45) is 1.49. The SMILES string of the molecule is C[C@]12CC[C@H]([C@H](Br)C1=O)[C@]2(C)CS(=O)(=O)[O-].[NH4+]. The van der Waals surface area contributed by atoms with Gasteiger partial charge in [0.05, 0.1) is 14.9 Å². The van der Waals surface area contributed by atoms with Crippen molar-refractivity contribution in [3.8, 4) is 0 Å². The maximum atomic E-state index is 12.0. The molecular formula is C10H18BrNO4S. The van der Waals surface area contributed by atoms with E-state index in [0.717, 1.165) is 6.42 Å². The van der Waals surface area contributed by atoms with Crippen molar-refractivity contribution < 1.29 is 17.8 Å². The van der Waals surface area contributed by atoms with Gasteiger partial charge >= 0.3 is 0 Å². The van der Waals surface area contributed by atoms with Crippen molar-refractivity contribution in [1.29, 1.82) is 0 Å². The second-order valence-corrected chi connectivity index (χ2v) is 7.75. The molecule has 0 radical (unpaired) electrons. The average Bonchev–Trinajstić information content (AvgIpc) is 2.40. The molecule has 0 aromatic heterocycles. The lowest BCUT2D eigenvalue weighted by atomic mass is 9.70. The Kier molecular flexibility index (Phi) is 3.56. The predicted octanol–water partition coefficient (Wildman–Crippen LogP) is 1.68. The van der Waals surface area contributed by atoms with Crippen molar-refractivity contribution in [2.24, 2.45) is 16.7 Å². The summed E-state index contributed by atoms with van der Waals surface area (Å²) in [4.78, 5) is 11.8. The molecule has 2 bridgehead atoms. The molecule has 0 aliphatic heterocycles. The molecule has 4 N–H and O–H groups in total. The van der Waals surface area contributed by atoms with E-state index in [0.29, 0.717) is 6.42 Å². The Bertz CT molecular complexity index is 451. The van der Waals surface area contributed by atoms with Crippen LogP contribution in [-0.4, -0.2) is 29.3 Å². The number of rotatable bonds is 2. The quantitative estimate of drug-likeness (QED) is 0.614. The highest BCUT2D eigenvalue weighted by molar-refractivity contribution is 9.10. The summed E-state index contributed by atoms with van der Waals surface area (Å²) in [6.45, 7) is 3.56. The number of halogens is 1. The first kappa shape index (κ1) is 15.1. The highest BCUT2D eigenvalue weighted by Crippen LogP contribution is 2.65. The molecule has 7 heteroatoms. The highest BCUT2D eigenvalue weighted by Gasteiger charge is 2.68. The van der Waals surface area contributed by atoms with E-state index >= 15 is 0 Å². The number of quaternary nitrogens is 1. The lowest BCUT2D eigenvalue weighted by Crippen LogP contribution is -2.40. The van der Waals surface area contributed by atoms with Gasteiger partial charge in [-0.3, -0.25) is 4.79 Å². The number of hydrogen-bond donors (Lipinski definition) is 1. The fraction of sp³-hybridized carbons (Fsp3) is 0.900. The van der Waals surface area contributed by atoms with E-state index in [9.17, 15) is 17.8 Å². The molecule has 0 saturated heterocycles. The lowest BCUT2D eigenvalue weighted by Gasteiger charge is -2.37. The molecule has 17 heavy (non-hydrogen) atoms. The van der Waals surface area contributed by atoms with Crippen molar-refractivity contribution in [1.82, 2.24) is 6.15 Å². The second-order valence-electron chi connectivity index (χ2n) is 5.36. The van der Waals surface area contributed by atoms with Crippen LogP contribution in [0.3, 0.4) is 0 Å². The summed E-state index contributed by atoms with van der Waals surface area (Å²) in [5, 5.41) is 0. The topological polar surface area (TPSA) is 111 Å². The Hall–Kier alpha value is 0.0200. The number of Topliss-reactive ketones (excluding diaryl/α,β-unsaturated/α-hetero) is 1. The van der Waals surface area contributed by atoms with Crippen molar-refractivity contribution in [3.05, 3.63) is 0 Å². The van der Waals surface area contributed by atoms with E-state index in [-0.39, 0.29) is 22.7 Å². The third-order valence-corrected chi connectivity index (χ3v) is 6.67. The second kappa shape index (κ2) is 4.01. The molecule has 2 saturated carbocycles. The van der Waals surface area contributed by atoms with Crippen molar-refractivity contribution in [2.75, 3.05) is 5.75 Å². The summed E-state index contributed by atoms with van der Waals surface area (Å²) in [5.41, 5.74) is -1.37. The van der Waals surface area contributed by atoms with E-state index in [2.05, 4.69) is 15.9 Å². The van der Waals surface area contributed by atoms with Gasteiger partial charge in [-0.05, 0) is 24.2 Å². The van der Waals surface area contributed by atoms with E-state index in [4.69, 9.17) is 0 Å². The summed E-state index contributed by atoms with van der Waals surface area (Å²) >= 11 is 3.33. The molecule has 0 unspecified atom stereocenters. The van der Waals surface area contributed by atoms with Crippen LogP contribution in [0, 0.1) is 16.7 Å². The van der Waals surface area contributed by atoms with Gasteiger partial charge in [-0.2, -0.15) is 0 Å². The molecule has 2 fully saturated rings. The Labute approximate surface area is 110 Å². The zero-order valence-corrected chi connectivity index (χ0v) is 12.6. The first-order valence-electron chi connectivity index (χ1n) is 5.24. The molecule has 4 atom stereocenters. The molecule has 0 heterocycles. The number of alkyl halides is 1. The van der Waals surface area contributed by atoms with E-state index in [1.54, 1.807) is 13.8 Å². The first-order chi connectivity index (χ1) is 7.12. The summed E-state index contributed by atoms with van der Waals surface area (Å²) in [7, 11) is -4.30. The maximum Gasteiger partial charge on any atom is 0.153 e. The van der Waals surface area contributed by atoms with E-state index in [1.165, 1.54) is 0 Å². The van der Waals surface area contributed by atoms with Crippen LogP contribution < -0.4 is 6.15 Å². The zero-order valence-electron chi connectivity index (χ0n) is 10.2. The van der Waals surface area contributed by atoms with E-state index < -0.39 is 26.7 Å². The van der Waals surface area contributed by atoms with Crippen LogP contribution in [0.15, 0.2) is 0 Å². The molecule has 2 aliphatic rings. The molecule has 0 aromatic carbocycles. The molecule has 100 valence electrons. The standard InChI is InChI=1S/C10H15BrO4S.H3N/c1-9-4-3-6(7(11)8(9)12)10(9,2)5-16(13,14)15;/h6-7H,3-5H2,1-2H3,(H,13,14,15);1H3/t6-,7+,9+,10+;/m1./s1. The number of fused-ring (bicyclic) bond motifs is 2. The first-order valence-corrected chi connectivity index (χ1v) is 7.73. The molecule has 2 rings (SSSR count). The summed E-state index contributed by atoms with van der Waals surface area (Å²) in [6, 6.07) is 0. The van der Waals surface area contributed by atoms with Crippen molar-refractivity contribution >= 4 is 31.8 Å². The predicted molar refractivity (Wildman–Crippen MR) is 67.2 cm³/mol. The minimum absolute atomic E-state index is 0.